The Morgan fingerprint density at radius 2 is 1.72 bits per heavy atom. The van der Waals surface area contributed by atoms with E-state index in [0.29, 0.717) is 18.3 Å². The minimum absolute atomic E-state index is 0.118. The second kappa shape index (κ2) is 8.96. The molecule has 0 aliphatic carbocycles. The fourth-order valence-corrected chi connectivity index (χ4v) is 4.34. The molecule has 2 aromatic rings. The SMILES string of the molecule is Bc1ccccc1CN1CCN(C(=O)C2CCN(Cc3n[nH]c(=O)[nH]3)CC2)CC1. The number of piperidine rings is 1. The van der Waals surface area contributed by atoms with Crippen LogP contribution in [0.3, 0.4) is 0 Å². The normalized spacial score (nSPS) is 19.5. The molecule has 2 aliphatic rings. The number of likely N-dealkylation sites (tertiary alicyclic amines) is 1. The maximum absolute atomic E-state index is 13.0. The van der Waals surface area contributed by atoms with Crippen molar-refractivity contribution in [2.45, 2.75) is 25.9 Å². The summed E-state index contributed by atoms with van der Waals surface area (Å²) in [5.41, 5.74) is 2.43. The second-order valence-electron chi connectivity index (χ2n) is 8.20. The van der Waals surface area contributed by atoms with Gasteiger partial charge in [-0.3, -0.25) is 19.6 Å². The third-order valence-corrected chi connectivity index (χ3v) is 6.20. The molecule has 4 rings (SSSR count). The van der Waals surface area contributed by atoms with Gasteiger partial charge in [0.1, 0.15) is 13.7 Å². The van der Waals surface area contributed by atoms with Crippen LogP contribution in [0.15, 0.2) is 29.1 Å². The Bertz CT molecular complexity index is 881. The number of hydrogen-bond donors (Lipinski definition) is 2. The Morgan fingerprint density at radius 1 is 1.03 bits per heavy atom. The van der Waals surface area contributed by atoms with Gasteiger partial charge < -0.3 is 4.90 Å². The molecule has 2 aliphatic heterocycles. The maximum Gasteiger partial charge on any atom is 0.340 e. The zero-order valence-electron chi connectivity index (χ0n) is 17.1. The van der Waals surface area contributed by atoms with E-state index in [4.69, 9.17) is 0 Å². The van der Waals surface area contributed by atoms with Gasteiger partial charge in [0.15, 0.2) is 0 Å². The highest BCUT2D eigenvalue weighted by molar-refractivity contribution is 6.33. The second-order valence-corrected chi connectivity index (χ2v) is 8.20. The average Bonchev–Trinajstić information content (AvgIpc) is 3.15. The van der Waals surface area contributed by atoms with E-state index in [0.717, 1.165) is 58.7 Å². The van der Waals surface area contributed by atoms with Crippen molar-refractivity contribution in [1.82, 2.24) is 29.9 Å². The number of carbonyl (C=O) groups excluding carboxylic acids is 1. The smallest absolute Gasteiger partial charge is 0.340 e. The fourth-order valence-electron chi connectivity index (χ4n) is 4.34. The molecule has 0 bridgehead atoms. The van der Waals surface area contributed by atoms with Crippen molar-refractivity contribution in [2.24, 2.45) is 5.92 Å². The minimum atomic E-state index is -0.272. The highest BCUT2D eigenvalue weighted by atomic mass is 16.2. The van der Waals surface area contributed by atoms with Gasteiger partial charge in [-0.25, -0.2) is 9.89 Å². The predicted molar refractivity (Wildman–Crippen MR) is 114 cm³/mol. The highest BCUT2D eigenvalue weighted by Crippen LogP contribution is 2.21. The summed E-state index contributed by atoms with van der Waals surface area (Å²) in [6, 6.07) is 8.53. The van der Waals surface area contributed by atoms with Crippen LogP contribution in [-0.2, 0) is 17.9 Å². The van der Waals surface area contributed by atoms with Gasteiger partial charge >= 0.3 is 5.69 Å². The highest BCUT2D eigenvalue weighted by Gasteiger charge is 2.30. The van der Waals surface area contributed by atoms with Crippen molar-refractivity contribution >= 4 is 19.2 Å². The molecule has 1 aromatic heterocycles. The first-order valence-electron chi connectivity index (χ1n) is 10.5. The van der Waals surface area contributed by atoms with Crippen LogP contribution in [0, 0.1) is 5.92 Å². The number of aromatic nitrogens is 3. The Labute approximate surface area is 171 Å². The van der Waals surface area contributed by atoms with Gasteiger partial charge in [-0.2, -0.15) is 5.10 Å². The molecular weight excluding hydrogens is 367 g/mol. The topological polar surface area (TPSA) is 88.3 Å². The molecule has 1 aromatic carbocycles. The molecule has 0 radical (unpaired) electrons. The molecule has 2 N–H and O–H groups in total. The summed E-state index contributed by atoms with van der Waals surface area (Å²) in [5, 5.41) is 6.36. The molecule has 3 heterocycles. The summed E-state index contributed by atoms with van der Waals surface area (Å²) in [7, 11) is 2.16. The van der Waals surface area contributed by atoms with E-state index in [1.165, 1.54) is 11.0 Å². The Morgan fingerprint density at radius 3 is 2.38 bits per heavy atom. The van der Waals surface area contributed by atoms with Gasteiger partial charge in [-0.05, 0) is 31.5 Å². The summed E-state index contributed by atoms with van der Waals surface area (Å²) >= 11 is 0. The van der Waals surface area contributed by atoms with Crippen LogP contribution in [0.4, 0.5) is 0 Å². The molecule has 0 atom stereocenters. The van der Waals surface area contributed by atoms with Gasteiger partial charge in [0.2, 0.25) is 5.91 Å². The summed E-state index contributed by atoms with van der Waals surface area (Å²) in [6.07, 6.45) is 1.74. The van der Waals surface area contributed by atoms with E-state index in [9.17, 15) is 9.59 Å². The average molecular weight is 396 g/mol. The van der Waals surface area contributed by atoms with Crippen LogP contribution < -0.4 is 11.2 Å². The Kier molecular flexibility index (Phi) is 6.15. The quantitative estimate of drug-likeness (QED) is 0.628. The first-order chi connectivity index (χ1) is 14.1. The van der Waals surface area contributed by atoms with E-state index < -0.39 is 0 Å². The standard InChI is InChI=1S/C20H29BN6O2/c21-17-4-2-1-3-16(17)13-26-9-11-27(12-10-26)19(28)15-5-7-25(8-6-15)14-18-22-20(29)24-23-18/h1-4,15H,5-14,21H2,(H2,22,23,24,29). The number of H-pyrrole nitrogens is 2. The van der Waals surface area contributed by atoms with Gasteiger partial charge in [0.25, 0.3) is 0 Å². The van der Waals surface area contributed by atoms with Crippen LogP contribution >= 0.6 is 0 Å². The first kappa shape index (κ1) is 19.9. The number of hydrogen-bond acceptors (Lipinski definition) is 5. The zero-order valence-corrected chi connectivity index (χ0v) is 17.1. The third-order valence-electron chi connectivity index (χ3n) is 6.20. The van der Waals surface area contributed by atoms with E-state index in [-0.39, 0.29) is 11.6 Å². The number of amides is 1. The summed E-state index contributed by atoms with van der Waals surface area (Å²) in [4.78, 5) is 33.5. The van der Waals surface area contributed by atoms with E-state index >= 15 is 0 Å². The number of piperazine rings is 1. The van der Waals surface area contributed by atoms with Crippen LogP contribution in [0.5, 0.6) is 0 Å². The lowest BCUT2D eigenvalue weighted by Gasteiger charge is -2.38. The van der Waals surface area contributed by atoms with Gasteiger partial charge in [0.05, 0.1) is 6.54 Å². The number of aromatic amines is 2. The first-order valence-corrected chi connectivity index (χ1v) is 10.5. The molecule has 0 unspecified atom stereocenters. The lowest BCUT2D eigenvalue weighted by molar-refractivity contribution is -0.139. The maximum atomic E-state index is 13.0. The summed E-state index contributed by atoms with van der Waals surface area (Å²) in [6.45, 7) is 6.81. The van der Waals surface area contributed by atoms with Crippen LogP contribution in [0.1, 0.15) is 24.2 Å². The van der Waals surface area contributed by atoms with Gasteiger partial charge in [0, 0.05) is 38.6 Å². The van der Waals surface area contributed by atoms with Gasteiger partial charge in [-0.15, -0.1) is 0 Å². The molecule has 0 spiro atoms. The monoisotopic (exact) mass is 396 g/mol. The molecular formula is C20H29BN6O2. The molecule has 154 valence electrons. The van der Waals surface area contributed by atoms with E-state index in [2.05, 4.69) is 62.0 Å². The Hall–Kier alpha value is -2.39. The molecule has 0 saturated carbocycles. The number of rotatable bonds is 5. The molecule has 2 fully saturated rings. The van der Waals surface area contributed by atoms with Crippen LogP contribution in [0.2, 0.25) is 0 Å². The Balaban J connectivity index is 1.22. The van der Waals surface area contributed by atoms with Crippen molar-refractivity contribution in [3.05, 3.63) is 46.1 Å². The van der Waals surface area contributed by atoms with Gasteiger partial charge in [-0.1, -0.05) is 29.7 Å². The van der Waals surface area contributed by atoms with Crippen molar-refractivity contribution in [2.75, 3.05) is 39.3 Å². The number of nitrogens with zero attached hydrogens (tertiary/aromatic N) is 4. The van der Waals surface area contributed by atoms with Crippen LogP contribution in [0.25, 0.3) is 0 Å². The number of carbonyl (C=O) groups is 1. The molecule has 8 nitrogen and oxygen atoms in total. The zero-order chi connectivity index (χ0) is 20.2. The molecule has 29 heavy (non-hydrogen) atoms. The fraction of sp³-hybridized carbons (Fsp3) is 0.550. The summed E-state index contributed by atoms with van der Waals surface area (Å²) < 4.78 is 0. The predicted octanol–water partition coefficient (Wildman–Crippen LogP) is -1.09. The largest absolute Gasteiger partial charge is 0.340 e. The van der Waals surface area contributed by atoms with E-state index in [1.54, 1.807) is 0 Å². The minimum Gasteiger partial charge on any atom is -0.340 e. The van der Waals surface area contributed by atoms with Crippen molar-refractivity contribution in [1.29, 1.82) is 0 Å². The van der Waals surface area contributed by atoms with Crippen molar-refractivity contribution < 1.29 is 4.79 Å². The number of nitrogens with one attached hydrogen (secondary N) is 2. The molecule has 9 heteroatoms. The lowest BCUT2D eigenvalue weighted by Crippen LogP contribution is -2.51. The molecule has 1 amide bonds. The van der Waals surface area contributed by atoms with Crippen molar-refractivity contribution in [3.8, 4) is 0 Å². The van der Waals surface area contributed by atoms with Crippen molar-refractivity contribution in [3.63, 3.8) is 0 Å². The number of benzene rings is 1. The van der Waals surface area contributed by atoms with E-state index in [1.807, 2.05) is 0 Å². The third kappa shape index (κ3) is 4.97. The summed E-state index contributed by atoms with van der Waals surface area (Å²) in [5.74, 6) is 1.09. The van der Waals surface area contributed by atoms with Crippen LogP contribution in [-0.4, -0.2) is 82.9 Å². The lowest BCUT2D eigenvalue weighted by atomic mass is 9.90. The molecule has 2 saturated heterocycles.